The average Bonchev–Trinajstić information content (AvgIpc) is 3.07. The van der Waals surface area contributed by atoms with Crippen LogP contribution in [0.2, 0.25) is 0 Å². The van der Waals surface area contributed by atoms with Crippen molar-refractivity contribution in [1.29, 1.82) is 0 Å². The molecular formula is C19H18FN3O3. The SMILES string of the molecule is O=C(CCc1c[nH]c2ccccc12)NNC(=O)COc1ccccc1F. The van der Waals surface area contributed by atoms with E-state index in [0.717, 1.165) is 16.5 Å². The smallest absolute Gasteiger partial charge is 0.276 e. The van der Waals surface area contributed by atoms with E-state index < -0.39 is 18.3 Å². The van der Waals surface area contributed by atoms with Gasteiger partial charge in [0.25, 0.3) is 5.91 Å². The van der Waals surface area contributed by atoms with Crippen molar-refractivity contribution in [3.05, 3.63) is 66.1 Å². The summed E-state index contributed by atoms with van der Waals surface area (Å²) in [6.07, 6.45) is 2.63. The van der Waals surface area contributed by atoms with Gasteiger partial charge in [-0.1, -0.05) is 30.3 Å². The lowest BCUT2D eigenvalue weighted by Crippen LogP contribution is -2.43. The molecule has 0 aliphatic carbocycles. The number of fused-ring (bicyclic) bond motifs is 1. The van der Waals surface area contributed by atoms with Crippen LogP contribution in [0.5, 0.6) is 5.75 Å². The van der Waals surface area contributed by atoms with Gasteiger partial charge in [-0.15, -0.1) is 0 Å². The molecule has 3 N–H and O–H groups in total. The van der Waals surface area contributed by atoms with Crippen molar-refractivity contribution in [3.63, 3.8) is 0 Å². The summed E-state index contributed by atoms with van der Waals surface area (Å²) in [4.78, 5) is 26.7. The van der Waals surface area contributed by atoms with Crippen LogP contribution in [0.4, 0.5) is 4.39 Å². The summed E-state index contributed by atoms with van der Waals surface area (Å²) in [6.45, 7) is -0.399. The molecule has 1 aromatic heterocycles. The second-order valence-corrected chi connectivity index (χ2v) is 5.67. The van der Waals surface area contributed by atoms with Gasteiger partial charge in [-0.2, -0.15) is 0 Å². The third-order valence-electron chi connectivity index (χ3n) is 3.83. The minimum Gasteiger partial charge on any atom is -0.481 e. The number of para-hydroxylation sites is 2. The average molecular weight is 355 g/mol. The maximum atomic E-state index is 13.4. The second kappa shape index (κ2) is 8.15. The molecule has 0 unspecified atom stereocenters. The van der Waals surface area contributed by atoms with Gasteiger partial charge in [0.05, 0.1) is 0 Å². The third-order valence-corrected chi connectivity index (χ3v) is 3.83. The Morgan fingerprint density at radius 1 is 1.00 bits per heavy atom. The fourth-order valence-corrected chi connectivity index (χ4v) is 2.53. The molecule has 2 aromatic carbocycles. The number of hydrogen-bond donors (Lipinski definition) is 3. The quantitative estimate of drug-likeness (QED) is 0.594. The Labute approximate surface area is 149 Å². The molecule has 2 amide bonds. The number of carbonyl (C=O) groups excluding carboxylic acids is 2. The van der Waals surface area contributed by atoms with Crippen LogP contribution in [0.3, 0.4) is 0 Å². The number of rotatable bonds is 6. The van der Waals surface area contributed by atoms with Gasteiger partial charge in [0.15, 0.2) is 18.2 Å². The van der Waals surface area contributed by atoms with Crippen molar-refractivity contribution in [2.24, 2.45) is 0 Å². The molecule has 3 aromatic rings. The molecule has 134 valence electrons. The number of benzene rings is 2. The summed E-state index contributed by atoms with van der Waals surface area (Å²) in [6, 6.07) is 13.6. The number of aromatic nitrogens is 1. The first-order valence-electron chi connectivity index (χ1n) is 8.13. The zero-order valence-corrected chi connectivity index (χ0v) is 13.9. The number of aryl methyl sites for hydroxylation is 1. The van der Waals surface area contributed by atoms with Gasteiger partial charge in [-0.25, -0.2) is 4.39 Å². The standard InChI is InChI=1S/C19H18FN3O3/c20-15-6-2-4-8-17(15)26-12-19(25)23-22-18(24)10-9-13-11-21-16-7-3-1-5-14(13)16/h1-8,11,21H,9-10,12H2,(H,22,24)(H,23,25). The summed E-state index contributed by atoms with van der Waals surface area (Å²) >= 11 is 0. The molecule has 0 bridgehead atoms. The maximum Gasteiger partial charge on any atom is 0.276 e. The van der Waals surface area contributed by atoms with E-state index in [9.17, 15) is 14.0 Å². The number of hydrogen-bond acceptors (Lipinski definition) is 3. The number of ether oxygens (including phenoxy) is 1. The van der Waals surface area contributed by atoms with Crippen molar-refractivity contribution in [2.75, 3.05) is 6.61 Å². The number of halogens is 1. The second-order valence-electron chi connectivity index (χ2n) is 5.67. The number of aromatic amines is 1. The first-order chi connectivity index (χ1) is 12.6. The highest BCUT2D eigenvalue weighted by molar-refractivity contribution is 5.85. The summed E-state index contributed by atoms with van der Waals surface area (Å²) in [5, 5.41) is 1.07. The van der Waals surface area contributed by atoms with Crippen LogP contribution in [0.25, 0.3) is 10.9 Å². The first kappa shape index (κ1) is 17.5. The van der Waals surface area contributed by atoms with Crippen LogP contribution in [0, 0.1) is 5.82 Å². The molecule has 0 fully saturated rings. The number of hydrazine groups is 1. The highest BCUT2D eigenvalue weighted by Crippen LogP contribution is 2.18. The van der Waals surface area contributed by atoms with Crippen molar-refractivity contribution < 1.29 is 18.7 Å². The van der Waals surface area contributed by atoms with Crippen LogP contribution < -0.4 is 15.6 Å². The van der Waals surface area contributed by atoms with Gasteiger partial charge >= 0.3 is 0 Å². The number of carbonyl (C=O) groups is 2. The van der Waals surface area contributed by atoms with Crippen molar-refractivity contribution in [1.82, 2.24) is 15.8 Å². The normalized spacial score (nSPS) is 10.5. The zero-order chi connectivity index (χ0) is 18.4. The third kappa shape index (κ3) is 4.38. The summed E-state index contributed by atoms with van der Waals surface area (Å²) in [5.74, 6) is -1.47. The molecule has 0 aliphatic rings. The lowest BCUT2D eigenvalue weighted by atomic mass is 10.1. The monoisotopic (exact) mass is 355 g/mol. The first-order valence-corrected chi connectivity index (χ1v) is 8.13. The van der Waals surface area contributed by atoms with Crippen molar-refractivity contribution >= 4 is 22.7 Å². The summed E-state index contributed by atoms with van der Waals surface area (Å²) in [7, 11) is 0. The highest BCUT2D eigenvalue weighted by Gasteiger charge is 2.09. The van der Waals surface area contributed by atoms with Crippen molar-refractivity contribution in [2.45, 2.75) is 12.8 Å². The van der Waals surface area contributed by atoms with E-state index in [1.807, 2.05) is 30.5 Å². The summed E-state index contributed by atoms with van der Waals surface area (Å²) < 4.78 is 18.4. The van der Waals surface area contributed by atoms with Gasteiger partial charge in [0.1, 0.15) is 0 Å². The lowest BCUT2D eigenvalue weighted by molar-refractivity contribution is -0.130. The largest absolute Gasteiger partial charge is 0.481 e. The minimum atomic E-state index is -0.575. The van der Waals surface area contributed by atoms with E-state index in [1.165, 1.54) is 18.2 Å². The molecule has 0 atom stereocenters. The van der Waals surface area contributed by atoms with Gasteiger partial charge < -0.3 is 9.72 Å². The molecule has 3 rings (SSSR count). The van der Waals surface area contributed by atoms with Gasteiger partial charge in [-0.3, -0.25) is 20.4 Å². The number of amides is 2. The molecule has 6 nitrogen and oxygen atoms in total. The molecule has 0 radical (unpaired) electrons. The summed E-state index contributed by atoms with van der Waals surface area (Å²) in [5.41, 5.74) is 6.61. The Balaban J connectivity index is 1.41. The molecule has 0 saturated heterocycles. The fourth-order valence-electron chi connectivity index (χ4n) is 2.53. The Kier molecular flexibility index (Phi) is 5.48. The maximum absolute atomic E-state index is 13.4. The van der Waals surface area contributed by atoms with Crippen LogP contribution in [-0.2, 0) is 16.0 Å². The van der Waals surface area contributed by atoms with Gasteiger partial charge in [0, 0.05) is 23.5 Å². The van der Waals surface area contributed by atoms with E-state index in [4.69, 9.17) is 4.74 Å². The highest BCUT2D eigenvalue weighted by atomic mass is 19.1. The predicted molar refractivity (Wildman–Crippen MR) is 94.8 cm³/mol. The van der Waals surface area contributed by atoms with E-state index in [2.05, 4.69) is 15.8 Å². The van der Waals surface area contributed by atoms with Crippen molar-refractivity contribution in [3.8, 4) is 5.75 Å². The predicted octanol–water partition coefficient (Wildman–Crippen LogP) is 2.47. The Bertz CT molecular complexity index is 923. The zero-order valence-electron chi connectivity index (χ0n) is 13.9. The van der Waals surface area contributed by atoms with Crippen LogP contribution in [0.15, 0.2) is 54.7 Å². The molecule has 1 heterocycles. The minimum absolute atomic E-state index is 0.0201. The van der Waals surface area contributed by atoms with E-state index >= 15 is 0 Å². The van der Waals surface area contributed by atoms with Crippen LogP contribution in [-0.4, -0.2) is 23.4 Å². The molecular weight excluding hydrogens is 337 g/mol. The van der Waals surface area contributed by atoms with Crippen LogP contribution >= 0.6 is 0 Å². The van der Waals surface area contributed by atoms with Gasteiger partial charge in [0.2, 0.25) is 5.91 Å². The van der Waals surface area contributed by atoms with E-state index in [0.29, 0.717) is 6.42 Å². The van der Waals surface area contributed by atoms with Gasteiger partial charge in [-0.05, 0) is 30.2 Å². The van der Waals surface area contributed by atoms with Crippen LogP contribution in [0.1, 0.15) is 12.0 Å². The Morgan fingerprint density at radius 3 is 2.58 bits per heavy atom. The Morgan fingerprint density at radius 2 is 1.73 bits per heavy atom. The molecule has 0 spiro atoms. The topological polar surface area (TPSA) is 83.2 Å². The Hall–Kier alpha value is -3.35. The van der Waals surface area contributed by atoms with E-state index in [1.54, 1.807) is 6.07 Å². The number of H-pyrrole nitrogens is 1. The molecule has 0 saturated carbocycles. The van der Waals surface area contributed by atoms with E-state index in [-0.39, 0.29) is 18.1 Å². The molecule has 0 aliphatic heterocycles. The molecule has 26 heavy (non-hydrogen) atoms. The number of nitrogens with one attached hydrogen (secondary N) is 3. The molecule has 7 heteroatoms. The lowest BCUT2D eigenvalue weighted by Gasteiger charge is -2.09. The fraction of sp³-hybridized carbons (Fsp3) is 0.158.